The van der Waals surface area contributed by atoms with Crippen molar-refractivity contribution in [2.24, 2.45) is 0 Å². The highest BCUT2D eigenvalue weighted by atomic mass is 127. The Kier molecular flexibility index (Phi) is 1.49. The summed E-state index contributed by atoms with van der Waals surface area (Å²) in [6.45, 7) is 0. The smallest absolute Gasteiger partial charge is 0.258 e. The number of hydrogen-bond donors (Lipinski definition) is 1. The van der Waals surface area contributed by atoms with E-state index < -0.39 is 0 Å². The number of phenolic OH excluding ortho intramolecular Hbond substituents is 1. The third kappa shape index (κ3) is 1.18. The Labute approximate surface area is 76.2 Å². The quantitative estimate of drug-likeness (QED) is 0.739. The molecule has 3 nitrogen and oxygen atoms in total. The van der Waals surface area contributed by atoms with Crippen molar-refractivity contribution in [3.8, 4) is 5.75 Å². The fourth-order valence-electron chi connectivity index (χ4n) is 0.885. The first-order chi connectivity index (χ1) is 5.25. The molecule has 0 saturated heterocycles. The predicted octanol–water partition coefficient (Wildman–Crippen LogP) is 2.14. The van der Waals surface area contributed by atoms with E-state index in [9.17, 15) is 0 Å². The normalized spacial score (nSPS) is 10.6. The van der Waals surface area contributed by atoms with Crippen LogP contribution in [0.1, 0.15) is 0 Å². The van der Waals surface area contributed by atoms with Gasteiger partial charge in [-0.05, 0) is 12.1 Å². The Bertz CT molecular complexity index is 396. The zero-order valence-electron chi connectivity index (χ0n) is 5.41. The van der Waals surface area contributed by atoms with Gasteiger partial charge in [0.1, 0.15) is 11.3 Å². The van der Waals surface area contributed by atoms with Gasteiger partial charge in [-0.1, -0.05) is 0 Å². The average Bonchev–Trinajstić information content (AvgIpc) is 2.27. The van der Waals surface area contributed by atoms with Gasteiger partial charge in [-0.25, -0.2) is 4.98 Å². The number of hydrogen-bond acceptors (Lipinski definition) is 3. The Morgan fingerprint density at radius 2 is 2.27 bits per heavy atom. The van der Waals surface area contributed by atoms with Crippen LogP contribution in [0.5, 0.6) is 5.75 Å². The van der Waals surface area contributed by atoms with Gasteiger partial charge in [-0.3, -0.25) is 0 Å². The van der Waals surface area contributed by atoms with Crippen LogP contribution in [0.25, 0.3) is 11.1 Å². The topological polar surface area (TPSA) is 46.3 Å². The number of aromatic hydroxyl groups is 1. The van der Waals surface area contributed by atoms with Gasteiger partial charge in [-0.15, -0.1) is 0 Å². The van der Waals surface area contributed by atoms with Gasteiger partial charge in [-0.2, -0.15) is 0 Å². The van der Waals surface area contributed by atoms with Crippen LogP contribution in [0.15, 0.2) is 22.6 Å². The number of benzene rings is 1. The summed E-state index contributed by atoms with van der Waals surface area (Å²) in [5, 5.41) is 9.05. The van der Waals surface area contributed by atoms with Crippen LogP contribution in [-0.2, 0) is 0 Å². The molecule has 1 aromatic heterocycles. The molecule has 0 bridgehead atoms. The summed E-state index contributed by atoms with van der Waals surface area (Å²) in [4.78, 5) is 4.06. The lowest BCUT2D eigenvalue weighted by Gasteiger charge is -1.86. The highest BCUT2D eigenvalue weighted by Crippen LogP contribution is 2.20. The van der Waals surface area contributed by atoms with E-state index in [4.69, 9.17) is 9.52 Å². The molecule has 0 atom stereocenters. The highest BCUT2D eigenvalue weighted by Gasteiger charge is 2.01. The van der Waals surface area contributed by atoms with E-state index in [2.05, 4.69) is 4.98 Å². The second kappa shape index (κ2) is 2.37. The Morgan fingerprint density at radius 1 is 1.45 bits per heavy atom. The van der Waals surface area contributed by atoms with Gasteiger partial charge in [0.15, 0.2) is 5.58 Å². The average molecular weight is 261 g/mol. The van der Waals surface area contributed by atoms with E-state index in [1.165, 1.54) is 0 Å². The van der Waals surface area contributed by atoms with Crippen molar-refractivity contribution in [3.05, 3.63) is 22.1 Å². The number of nitrogens with zero attached hydrogens (tertiary/aromatic N) is 1. The third-order valence-electron chi connectivity index (χ3n) is 1.35. The van der Waals surface area contributed by atoms with Crippen LogP contribution in [0.2, 0.25) is 0 Å². The van der Waals surface area contributed by atoms with Crippen LogP contribution in [0.4, 0.5) is 0 Å². The molecule has 56 valence electrons. The number of aromatic nitrogens is 1. The predicted molar refractivity (Wildman–Crippen MR) is 48.4 cm³/mol. The van der Waals surface area contributed by atoms with Crippen LogP contribution < -0.4 is 0 Å². The number of oxazole rings is 1. The van der Waals surface area contributed by atoms with E-state index in [1.54, 1.807) is 18.2 Å². The molecule has 0 unspecified atom stereocenters. The lowest BCUT2D eigenvalue weighted by atomic mass is 10.3. The molecular formula is C7H4INO2. The molecule has 0 radical (unpaired) electrons. The molecule has 0 aliphatic heterocycles. The molecule has 0 amide bonds. The molecule has 0 spiro atoms. The zero-order valence-corrected chi connectivity index (χ0v) is 7.57. The van der Waals surface area contributed by atoms with E-state index in [0.717, 1.165) is 5.52 Å². The van der Waals surface area contributed by atoms with Crippen molar-refractivity contribution in [2.75, 3.05) is 0 Å². The monoisotopic (exact) mass is 261 g/mol. The van der Waals surface area contributed by atoms with Gasteiger partial charge >= 0.3 is 0 Å². The first-order valence-corrected chi connectivity index (χ1v) is 4.08. The van der Waals surface area contributed by atoms with Gasteiger partial charge in [0.05, 0.1) is 0 Å². The Morgan fingerprint density at radius 3 is 3.09 bits per heavy atom. The number of halogens is 1. The number of fused-ring (bicyclic) bond motifs is 1. The maximum Gasteiger partial charge on any atom is 0.258 e. The summed E-state index contributed by atoms with van der Waals surface area (Å²) in [6.07, 6.45) is 0. The summed E-state index contributed by atoms with van der Waals surface area (Å²) in [7, 11) is 0. The molecule has 1 heterocycles. The van der Waals surface area contributed by atoms with E-state index in [1.807, 2.05) is 22.6 Å². The summed E-state index contributed by atoms with van der Waals surface area (Å²) in [5.74, 6) is 0.199. The van der Waals surface area contributed by atoms with E-state index in [-0.39, 0.29) is 5.75 Å². The highest BCUT2D eigenvalue weighted by molar-refractivity contribution is 14.1. The molecule has 0 aliphatic rings. The number of phenols is 1. The van der Waals surface area contributed by atoms with Crippen LogP contribution >= 0.6 is 22.6 Å². The van der Waals surface area contributed by atoms with Crippen LogP contribution in [0.3, 0.4) is 0 Å². The molecular weight excluding hydrogens is 257 g/mol. The molecule has 1 aromatic carbocycles. The van der Waals surface area contributed by atoms with Crippen molar-refractivity contribution in [1.29, 1.82) is 0 Å². The Balaban J connectivity index is 2.82. The molecule has 4 heteroatoms. The largest absolute Gasteiger partial charge is 0.508 e. The lowest BCUT2D eigenvalue weighted by Crippen LogP contribution is -1.66. The lowest BCUT2D eigenvalue weighted by molar-refractivity contribution is 0.474. The number of rotatable bonds is 0. The van der Waals surface area contributed by atoms with Crippen molar-refractivity contribution in [3.63, 3.8) is 0 Å². The first-order valence-electron chi connectivity index (χ1n) is 3.01. The van der Waals surface area contributed by atoms with Crippen LogP contribution in [0, 0.1) is 3.90 Å². The van der Waals surface area contributed by atoms with E-state index in [0.29, 0.717) is 9.48 Å². The molecule has 2 aromatic rings. The maximum absolute atomic E-state index is 9.05. The van der Waals surface area contributed by atoms with Crippen molar-refractivity contribution >= 4 is 33.7 Å². The van der Waals surface area contributed by atoms with Gasteiger partial charge in [0, 0.05) is 28.7 Å². The zero-order chi connectivity index (χ0) is 7.84. The van der Waals surface area contributed by atoms with Crippen molar-refractivity contribution in [2.45, 2.75) is 0 Å². The summed E-state index contributed by atoms with van der Waals surface area (Å²) in [6, 6.07) is 4.85. The molecule has 1 N–H and O–H groups in total. The molecule has 0 saturated carbocycles. The van der Waals surface area contributed by atoms with E-state index >= 15 is 0 Å². The van der Waals surface area contributed by atoms with Gasteiger partial charge in [0.25, 0.3) is 3.90 Å². The maximum atomic E-state index is 9.05. The standard InChI is InChI=1S/C7H4INO2/c8-7-9-5-2-1-4(10)3-6(5)11-7/h1-3,10H. The minimum atomic E-state index is 0.199. The Hall–Kier alpha value is -0.780. The second-order valence-corrected chi connectivity index (χ2v) is 3.04. The fourth-order valence-corrected chi connectivity index (χ4v) is 1.38. The minimum Gasteiger partial charge on any atom is -0.508 e. The molecule has 11 heavy (non-hydrogen) atoms. The van der Waals surface area contributed by atoms with Gasteiger partial charge < -0.3 is 9.52 Å². The molecule has 0 aliphatic carbocycles. The molecule has 0 fully saturated rings. The first kappa shape index (κ1) is 6.90. The van der Waals surface area contributed by atoms with Crippen molar-refractivity contribution < 1.29 is 9.52 Å². The fraction of sp³-hybridized carbons (Fsp3) is 0. The summed E-state index contributed by atoms with van der Waals surface area (Å²) < 4.78 is 5.75. The summed E-state index contributed by atoms with van der Waals surface area (Å²) >= 11 is 1.99. The third-order valence-corrected chi connectivity index (χ3v) is 1.81. The SMILES string of the molecule is Oc1ccc2nc(I)oc2c1. The van der Waals surface area contributed by atoms with Crippen LogP contribution in [-0.4, -0.2) is 10.1 Å². The molecule has 2 rings (SSSR count). The summed E-state index contributed by atoms with van der Waals surface area (Å²) in [5.41, 5.74) is 1.39. The van der Waals surface area contributed by atoms with Crippen molar-refractivity contribution in [1.82, 2.24) is 4.98 Å². The second-order valence-electron chi connectivity index (χ2n) is 2.12. The van der Waals surface area contributed by atoms with Gasteiger partial charge in [0.2, 0.25) is 0 Å². The minimum absolute atomic E-state index is 0.199.